The summed E-state index contributed by atoms with van der Waals surface area (Å²) < 4.78 is 0. The number of nitrogens with zero attached hydrogens (tertiary/aromatic N) is 2. The number of fused-ring (bicyclic) bond motifs is 1. The van der Waals surface area contributed by atoms with Crippen molar-refractivity contribution in [3.63, 3.8) is 0 Å². The first-order valence-corrected chi connectivity index (χ1v) is 3.92. The molecular weight excluding hydrogens is 160 g/mol. The summed E-state index contributed by atoms with van der Waals surface area (Å²) in [5.74, 6) is 0. The minimum atomic E-state index is 0.543. The molecule has 0 amide bonds. The van der Waals surface area contributed by atoms with Crippen molar-refractivity contribution in [2.45, 2.75) is 0 Å². The van der Waals surface area contributed by atoms with Crippen molar-refractivity contribution in [1.29, 1.82) is 5.26 Å². The molecule has 1 aromatic carbocycles. The fourth-order valence-electron chi connectivity index (χ4n) is 1.33. The van der Waals surface area contributed by atoms with Crippen LogP contribution < -0.4 is 0 Å². The van der Waals surface area contributed by atoms with E-state index >= 15 is 0 Å². The van der Waals surface area contributed by atoms with Gasteiger partial charge in [-0.1, -0.05) is 24.3 Å². The van der Waals surface area contributed by atoms with Crippen LogP contribution in [0.2, 0.25) is 0 Å². The third-order valence-corrected chi connectivity index (χ3v) is 1.99. The molecule has 1 aromatic heterocycles. The average molecular weight is 167 g/mol. The predicted molar refractivity (Wildman–Crippen MR) is 50.9 cm³/mol. The quantitative estimate of drug-likeness (QED) is 0.603. The third kappa shape index (κ3) is 1.15. The van der Waals surface area contributed by atoms with E-state index in [0.717, 1.165) is 10.8 Å². The molecule has 0 aliphatic carbocycles. The van der Waals surface area contributed by atoms with Crippen LogP contribution in [0.1, 0.15) is 11.3 Å². The highest BCUT2D eigenvalue weighted by Crippen LogP contribution is 2.18. The average Bonchev–Trinajstić information content (AvgIpc) is 2.18. The molecule has 2 nitrogen and oxygen atoms in total. The van der Waals surface area contributed by atoms with Gasteiger partial charge >= 0.3 is 0 Å². The van der Waals surface area contributed by atoms with E-state index in [4.69, 9.17) is 5.26 Å². The van der Waals surface area contributed by atoms with Crippen LogP contribution in [0, 0.1) is 18.3 Å². The first-order chi connectivity index (χ1) is 6.33. The highest BCUT2D eigenvalue weighted by Gasteiger charge is 2.03. The van der Waals surface area contributed by atoms with Crippen molar-refractivity contribution in [2.24, 2.45) is 0 Å². The van der Waals surface area contributed by atoms with E-state index < -0.39 is 0 Å². The Kier molecular flexibility index (Phi) is 1.71. The van der Waals surface area contributed by atoms with Crippen LogP contribution in [-0.2, 0) is 0 Å². The Hall–Kier alpha value is -1.88. The summed E-state index contributed by atoms with van der Waals surface area (Å²) in [7, 11) is 0. The fraction of sp³-hybridized carbons (Fsp3) is 0. The molecule has 2 heteroatoms. The standard InChI is InChI=1S/C11H7N2/c1-8-11(6-12)10-5-3-2-4-9(10)7-13-8/h2-5,7H,1H2. The van der Waals surface area contributed by atoms with Gasteiger partial charge in [-0.25, -0.2) is 0 Å². The first kappa shape index (κ1) is 7.75. The topological polar surface area (TPSA) is 36.7 Å². The van der Waals surface area contributed by atoms with Crippen molar-refractivity contribution in [1.82, 2.24) is 4.98 Å². The van der Waals surface area contributed by atoms with Gasteiger partial charge in [-0.05, 0) is 6.92 Å². The number of aromatic nitrogens is 1. The number of benzene rings is 1. The van der Waals surface area contributed by atoms with Gasteiger partial charge in [0.15, 0.2) is 0 Å². The number of hydrogen-bond acceptors (Lipinski definition) is 2. The van der Waals surface area contributed by atoms with E-state index in [9.17, 15) is 0 Å². The van der Waals surface area contributed by atoms with Gasteiger partial charge in [0.1, 0.15) is 6.07 Å². The van der Waals surface area contributed by atoms with Crippen LogP contribution in [0.25, 0.3) is 10.8 Å². The minimum Gasteiger partial charge on any atom is -0.259 e. The zero-order valence-corrected chi connectivity index (χ0v) is 6.99. The van der Waals surface area contributed by atoms with Crippen LogP contribution in [0.4, 0.5) is 0 Å². The third-order valence-electron chi connectivity index (χ3n) is 1.99. The Morgan fingerprint density at radius 1 is 1.31 bits per heavy atom. The molecule has 13 heavy (non-hydrogen) atoms. The second-order valence-electron chi connectivity index (χ2n) is 2.78. The molecule has 0 saturated carbocycles. The summed E-state index contributed by atoms with van der Waals surface area (Å²) in [5, 5.41) is 10.8. The van der Waals surface area contributed by atoms with Crippen LogP contribution in [0.15, 0.2) is 30.5 Å². The molecule has 1 heterocycles. The maximum Gasteiger partial charge on any atom is 0.102 e. The van der Waals surface area contributed by atoms with Crippen molar-refractivity contribution >= 4 is 10.8 Å². The summed E-state index contributed by atoms with van der Waals surface area (Å²) in [5.41, 5.74) is 1.11. The van der Waals surface area contributed by atoms with E-state index in [2.05, 4.69) is 18.0 Å². The van der Waals surface area contributed by atoms with Crippen molar-refractivity contribution < 1.29 is 0 Å². The Morgan fingerprint density at radius 2 is 2.08 bits per heavy atom. The van der Waals surface area contributed by atoms with Crippen LogP contribution >= 0.6 is 0 Å². The SMILES string of the molecule is [CH2]c1ncc2ccccc2c1C#N. The van der Waals surface area contributed by atoms with Gasteiger partial charge in [0.05, 0.1) is 11.3 Å². The molecular formula is C11H7N2. The van der Waals surface area contributed by atoms with Crippen LogP contribution in [0.5, 0.6) is 0 Å². The van der Waals surface area contributed by atoms with Crippen molar-refractivity contribution in [3.8, 4) is 6.07 Å². The van der Waals surface area contributed by atoms with Gasteiger partial charge in [0, 0.05) is 17.0 Å². The van der Waals surface area contributed by atoms with E-state index in [0.29, 0.717) is 11.3 Å². The molecule has 0 aliphatic rings. The first-order valence-electron chi connectivity index (χ1n) is 3.92. The lowest BCUT2D eigenvalue weighted by molar-refractivity contribution is 1.27. The second kappa shape index (κ2) is 2.87. The summed E-state index contributed by atoms with van der Waals surface area (Å²) in [6.45, 7) is 3.71. The highest BCUT2D eigenvalue weighted by atomic mass is 14.7. The largest absolute Gasteiger partial charge is 0.259 e. The van der Waals surface area contributed by atoms with Gasteiger partial charge in [0.25, 0.3) is 0 Å². The Balaban J connectivity index is 2.94. The zero-order valence-electron chi connectivity index (χ0n) is 6.99. The number of nitriles is 1. The maximum absolute atomic E-state index is 8.89. The molecule has 0 unspecified atom stereocenters. The Morgan fingerprint density at radius 3 is 2.85 bits per heavy atom. The van der Waals surface area contributed by atoms with Gasteiger partial charge in [-0.3, -0.25) is 4.98 Å². The summed E-state index contributed by atoms with van der Waals surface area (Å²) in [6, 6.07) is 9.78. The van der Waals surface area contributed by atoms with E-state index in [1.54, 1.807) is 6.20 Å². The molecule has 1 radical (unpaired) electrons. The molecule has 2 aromatic rings. The lowest BCUT2D eigenvalue weighted by atomic mass is 10.1. The van der Waals surface area contributed by atoms with E-state index in [1.165, 1.54) is 0 Å². The molecule has 0 fully saturated rings. The van der Waals surface area contributed by atoms with Gasteiger partial charge in [-0.2, -0.15) is 5.26 Å². The van der Waals surface area contributed by atoms with Gasteiger partial charge in [-0.15, -0.1) is 0 Å². The van der Waals surface area contributed by atoms with Crippen molar-refractivity contribution in [2.75, 3.05) is 0 Å². The molecule has 2 rings (SSSR count). The monoisotopic (exact) mass is 167 g/mol. The molecule has 0 spiro atoms. The predicted octanol–water partition coefficient (Wildman–Crippen LogP) is 2.29. The van der Waals surface area contributed by atoms with Crippen LogP contribution in [0.3, 0.4) is 0 Å². The lowest BCUT2D eigenvalue weighted by Gasteiger charge is -2.00. The lowest BCUT2D eigenvalue weighted by Crippen LogP contribution is -1.88. The summed E-state index contributed by atoms with van der Waals surface area (Å²) in [4.78, 5) is 4.04. The number of rotatable bonds is 0. The minimum absolute atomic E-state index is 0.543. The zero-order chi connectivity index (χ0) is 9.26. The van der Waals surface area contributed by atoms with E-state index in [-0.39, 0.29) is 0 Å². The fourth-order valence-corrected chi connectivity index (χ4v) is 1.33. The van der Waals surface area contributed by atoms with Gasteiger partial charge in [0.2, 0.25) is 0 Å². The molecule has 0 bridgehead atoms. The molecule has 0 N–H and O–H groups in total. The highest BCUT2D eigenvalue weighted by molar-refractivity contribution is 5.87. The molecule has 0 atom stereocenters. The summed E-state index contributed by atoms with van der Waals surface area (Å²) in [6.07, 6.45) is 1.73. The van der Waals surface area contributed by atoms with Gasteiger partial charge < -0.3 is 0 Å². The van der Waals surface area contributed by atoms with Crippen molar-refractivity contribution in [3.05, 3.63) is 48.6 Å². The normalized spacial score (nSPS) is 9.85. The number of pyridine rings is 1. The molecule has 0 saturated heterocycles. The molecule has 61 valence electrons. The smallest absolute Gasteiger partial charge is 0.102 e. The Labute approximate surface area is 76.5 Å². The molecule has 0 aliphatic heterocycles. The second-order valence-corrected chi connectivity index (χ2v) is 2.78. The summed E-state index contributed by atoms with van der Waals surface area (Å²) >= 11 is 0. The Bertz CT molecular complexity index is 495. The van der Waals surface area contributed by atoms with E-state index in [1.807, 2.05) is 24.3 Å². The van der Waals surface area contributed by atoms with Crippen LogP contribution in [-0.4, -0.2) is 4.98 Å². The number of hydrogen-bond donors (Lipinski definition) is 0. The maximum atomic E-state index is 8.89.